The molecule has 210 valence electrons. The number of nitrogens with zero attached hydrogens (tertiary/aromatic N) is 4. The minimum Gasteiger partial charge on any atom is -0.481 e. The third-order valence-electron chi connectivity index (χ3n) is 6.14. The van der Waals surface area contributed by atoms with E-state index in [4.69, 9.17) is 4.74 Å². The zero-order chi connectivity index (χ0) is 28.8. The summed E-state index contributed by atoms with van der Waals surface area (Å²) in [6, 6.07) is 16.0. The van der Waals surface area contributed by atoms with E-state index in [2.05, 4.69) is 30.6 Å². The number of aryl methyl sites for hydroxylation is 1. The van der Waals surface area contributed by atoms with E-state index in [1.807, 2.05) is 47.8 Å². The molecule has 4 N–H and O–H groups in total. The number of rotatable bonds is 11. The van der Waals surface area contributed by atoms with Gasteiger partial charge in [0.05, 0.1) is 30.0 Å². The predicted octanol–water partition coefficient (Wildman–Crippen LogP) is 3.93. The number of para-hydroxylation sites is 2. The van der Waals surface area contributed by atoms with Crippen LogP contribution in [0.4, 0.5) is 10.6 Å². The van der Waals surface area contributed by atoms with Gasteiger partial charge in [-0.15, -0.1) is 11.3 Å². The van der Waals surface area contributed by atoms with Crippen molar-refractivity contribution in [3.63, 3.8) is 0 Å². The number of hydrogen-bond donors (Lipinski definition) is 4. The molecule has 1 amide bonds. The summed E-state index contributed by atoms with van der Waals surface area (Å²) >= 11 is 1.46. The normalized spacial score (nSPS) is 11.7. The van der Waals surface area contributed by atoms with E-state index >= 15 is 0 Å². The van der Waals surface area contributed by atoms with E-state index < -0.39 is 30.2 Å². The van der Waals surface area contributed by atoms with Crippen molar-refractivity contribution in [1.29, 1.82) is 0 Å². The number of aromatic nitrogens is 5. The average molecular weight is 574 g/mol. The third kappa shape index (κ3) is 7.13. The first-order chi connectivity index (χ1) is 19.8. The lowest BCUT2D eigenvalue weighted by Gasteiger charge is -2.19. The van der Waals surface area contributed by atoms with Crippen LogP contribution in [0, 0.1) is 6.92 Å². The highest BCUT2D eigenvalue weighted by Crippen LogP contribution is 2.23. The first-order valence-corrected chi connectivity index (χ1v) is 13.6. The van der Waals surface area contributed by atoms with Crippen molar-refractivity contribution in [1.82, 2.24) is 29.8 Å². The largest absolute Gasteiger partial charge is 0.481 e. The number of H-pyrrole nitrogens is 1. The van der Waals surface area contributed by atoms with Crippen LogP contribution < -0.4 is 16.3 Å². The van der Waals surface area contributed by atoms with Crippen molar-refractivity contribution in [2.45, 2.75) is 39.1 Å². The summed E-state index contributed by atoms with van der Waals surface area (Å²) in [5, 5.41) is 17.7. The quantitative estimate of drug-likeness (QED) is 0.183. The van der Waals surface area contributed by atoms with Crippen LogP contribution in [0.3, 0.4) is 0 Å². The molecular formula is C28H27N7O5S. The fraction of sp³-hybridized carbons (Fsp3) is 0.214. The van der Waals surface area contributed by atoms with Crippen molar-refractivity contribution >= 4 is 40.3 Å². The zero-order valence-corrected chi connectivity index (χ0v) is 22.9. The Bertz CT molecular complexity index is 1700. The van der Waals surface area contributed by atoms with E-state index in [9.17, 15) is 19.5 Å². The number of carbonyl (C=O) groups excluding carboxylic acids is 1. The summed E-state index contributed by atoms with van der Waals surface area (Å²) in [6.45, 7) is 2.07. The first kappa shape index (κ1) is 27.5. The molecule has 0 saturated carbocycles. The number of alkyl carbamates (subject to hydrolysis) is 1. The molecule has 12 nitrogen and oxygen atoms in total. The van der Waals surface area contributed by atoms with Gasteiger partial charge in [0, 0.05) is 23.7 Å². The topological polar surface area (TPSA) is 164 Å². The monoisotopic (exact) mass is 573 g/mol. The number of carbonyl (C=O) groups is 2. The average Bonchev–Trinajstić information content (AvgIpc) is 3.60. The van der Waals surface area contributed by atoms with Crippen LogP contribution in [-0.4, -0.2) is 47.7 Å². The molecule has 5 aromatic rings. The molecule has 0 bridgehead atoms. The van der Waals surface area contributed by atoms with Crippen LogP contribution in [0.15, 0.2) is 71.0 Å². The number of amides is 1. The Morgan fingerprint density at radius 3 is 2.66 bits per heavy atom. The number of hydrogen-bond acceptors (Lipinski definition) is 9. The second kappa shape index (κ2) is 12.4. The summed E-state index contributed by atoms with van der Waals surface area (Å²) < 4.78 is 6.48. The summed E-state index contributed by atoms with van der Waals surface area (Å²) in [4.78, 5) is 53.1. The second-order valence-electron chi connectivity index (χ2n) is 9.29. The molecule has 41 heavy (non-hydrogen) atoms. The van der Waals surface area contributed by atoms with E-state index in [0.29, 0.717) is 23.8 Å². The van der Waals surface area contributed by atoms with Gasteiger partial charge >= 0.3 is 17.8 Å². The highest BCUT2D eigenvalue weighted by atomic mass is 32.1. The van der Waals surface area contributed by atoms with Gasteiger partial charge < -0.3 is 25.5 Å². The Balaban J connectivity index is 1.21. The minimum absolute atomic E-state index is 0.0340. The maximum absolute atomic E-state index is 12.8. The van der Waals surface area contributed by atoms with E-state index in [1.165, 1.54) is 15.9 Å². The summed E-state index contributed by atoms with van der Waals surface area (Å²) in [5.74, 6) is -0.0596. The van der Waals surface area contributed by atoms with Crippen LogP contribution in [0.5, 0.6) is 0 Å². The van der Waals surface area contributed by atoms with Gasteiger partial charge in [-0.3, -0.25) is 9.36 Å². The van der Waals surface area contributed by atoms with Crippen LogP contribution in [0.25, 0.3) is 22.6 Å². The zero-order valence-electron chi connectivity index (χ0n) is 22.0. The lowest BCUT2D eigenvalue weighted by molar-refractivity contribution is -0.137. The van der Waals surface area contributed by atoms with E-state index in [0.717, 1.165) is 27.3 Å². The summed E-state index contributed by atoms with van der Waals surface area (Å²) in [7, 11) is 0. The highest BCUT2D eigenvalue weighted by Gasteiger charge is 2.19. The number of carboxylic acid groups (broad SMARTS) is 1. The predicted molar refractivity (Wildman–Crippen MR) is 154 cm³/mol. The molecule has 0 radical (unpaired) electrons. The molecule has 0 aliphatic carbocycles. The summed E-state index contributed by atoms with van der Waals surface area (Å²) in [6.07, 6.45) is 0.399. The Labute approximate surface area is 238 Å². The number of fused-ring (bicyclic) bond motifs is 1. The molecule has 0 aliphatic rings. The maximum Gasteiger partial charge on any atom is 0.407 e. The molecule has 13 heteroatoms. The lowest BCUT2D eigenvalue weighted by atomic mass is 10.2. The van der Waals surface area contributed by atoms with Gasteiger partial charge in [0.15, 0.2) is 5.82 Å². The number of thiazole rings is 1. The minimum atomic E-state index is -1.13. The summed E-state index contributed by atoms with van der Waals surface area (Å²) in [5.41, 5.74) is 3.39. The van der Waals surface area contributed by atoms with Crippen molar-refractivity contribution in [2.75, 3.05) is 5.32 Å². The number of imidazole rings is 1. The first-order valence-electron chi connectivity index (χ1n) is 12.7. The fourth-order valence-electron chi connectivity index (χ4n) is 4.18. The van der Waals surface area contributed by atoms with Gasteiger partial charge in [-0.05, 0) is 24.6 Å². The molecular weight excluding hydrogens is 546 g/mol. The van der Waals surface area contributed by atoms with Crippen molar-refractivity contribution in [3.05, 3.63) is 92.8 Å². The van der Waals surface area contributed by atoms with Gasteiger partial charge in [0.1, 0.15) is 23.1 Å². The molecule has 0 saturated heterocycles. The maximum atomic E-state index is 12.8. The smallest absolute Gasteiger partial charge is 0.407 e. The fourth-order valence-corrected chi connectivity index (χ4v) is 4.90. The molecule has 0 fully saturated rings. The van der Waals surface area contributed by atoms with E-state index in [-0.39, 0.29) is 13.2 Å². The second-order valence-corrected chi connectivity index (χ2v) is 10.2. The standard InChI is InChI=1S/C28H27N7O5S/c1-17-13-35(14-19(11-24(36)37)30-28(39)40-15-18-7-3-2-4-8-18)27(38)34-25(17)29-12-23-31-22(16-41-23)26-32-20-9-5-6-10-21(20)33-26/h2-10,13,16,19H,11-12,14-15H2,1H3,(H,30,39)(H,32,33)(H,36,37)(H,29,34,38). The number of nitrogens with one attached hydrogen (secondary N) is 3. The number of carboxylic acids is 1. The van der Waals surface area contributed by atoms with Crippen molar-refractivity contribution in [3.8, 4) is 11.5 Å². The van der Waals surface area contributed by atoms with Crippen LogP contribution >= 0.6 is 11.3 Å². The molecule has 3 heterocycles. The molecule has 2 aromatic carbocycles. The number of aliphatic carboxylic acids is 1. The van der Waals surface area contributed by atoms with Gasteiger partial charge in [0.25, 0.3) is 0 Å². The van der Waals surface area contributed by atoms with Crippen molar-refractivity contribution in [2.24, 2.45) is 0 Å². The molecule has 1 unspecified atom stereocenters. The molecule has 3 aromatic heterocycles. The van der Waals surface area contributed by atoms with Gasteiger partial charge in [0.2, 0.25) is 0 Å². The van der Waals surface area contributed by atoms with Gasteiger partial charge in [-0.2, -0.15) is 4.98 Å². The van der Waals surface area contributed by atoms with Gasteiger partial charge in [-0.1, -0.05) is 42.5 Å². The van der Waals surface area contributed by atoms with Crippen LogP contribution in [0.1, 0.15) is 22.6 Å². The molecule has 5 rings (SSSR count). The number of ether oxygens (including phenoxy) is 1. The Morgan fingerprint density at radius 2 is 1.88 bits per heavy atom. The van der Waals surface area contributed by atoms with Crippen LogP contribution in [0.2, 0.25) is 0 Å². The number of benzene rings is 2. The molecule has 0 aliphatic heterocycles. The third-order valence-corrected chi connectivity index (χ3v) is 6.99. The van der Waals surface area contributed by atoms with Gasteiger partial charge in [-0.25, -0.2) is 19.6 Å². The SMILES string of the molecule is Cc1cn(CC(CC(=O)O)NC(=O)OCc2ccccc2)c(=O)nc1NCc1nc(-c2nc3ccccc3[nH]2)cs1. The Kier molecular flexibility index (Phi) is 8.34. The molecule has 0 spiro atoms. The van der Waals surface area contributed by atoms with E-state index in [1.54, 1.807) is 25.3 Å². The number of aromatic amines is 1. The number of anilines is 1. The Morgan fingerprint density at radius 1 is 1.10 bits per heavy atom. The van der Waals surface area contributed by atoms with Crippen LogP contribution in [-0.2, 0) is 29.2 Å². The lowest BCUT2D eigenvalue weighted by Crippen LogP contribution is -2.42. The highest BCUT2D eigenvalue weighted by molar-refractivity contribution is 7.09. The van der Waals surface area contributed by atoms with Crippen molar-refractivity contribution < 1.29 is 19.4 Å². The molecule has 1 atom stereocenters. The Hall–Kier alpha value is -5.04.